The Bertz CT molecular complexity index is 157. The van der Waals surface area contributed by atoms with Crippen LogP contribution in [0.3, 0.4) is 0 Å². The van der Waals surface area contributed by atoms with E-state index in [-0.39, 0.29) is 0 Å². The molecule has 1 saturated heterocycles. The van der Waals surface area contributed by atoms with Crippen LogP contribution in [-0.4, -0.2) is 42.3 Å². The number of hydrogen-bond acceptors (Lipinski definition) is 7. The van der Waals surface area contributed by atoms with Gasteiger partial charge in [-0.2, -0.15) is 48.8 Å². The molecule has 1 fully saturated rings. The molecule has 0 aliphatic carbocycles. The molecule has 0 saturated carbocycles. The first-order valence-electron chi connectivity index (χ1n) is 4.62. The highest BCUT2D eigenvalue weighted by molar-refractivity contribution is 8.37. The summed E-state index contributed by atoms with van der Waals surface area (Å²) in [6, 6.07) is 0. The average molecular weight is 337 g/mol. The minimum Gasteiger partial charge on any atom is -0.168 e. The zero-order valence-corrected chi connectivity index (χ0v) is 14.3. The maximum absolute atomic E-state index is 4.34. The van der Waals surface area contributed by atoms with Gasteiger partial charge < -0.3 is 0 Å². The van der Waals surface area contributed by atoms with Crippen molar-refractivity contribution in [1.29, 1.82) is 0 Å². The van der Waals surface area contributed by atoms with Gasteiger partial charge in [0.2, 0.25) is 0 Å². The standard InChI is InChI=1S/C8H16S7/c9-6-12-2-1-11-5-8(15-7-10)13-3-4-14-8/h9-10H,1-7H2. The Hall–Kier alpha value is 2.45. The van der Waals surface area contributed by atoms with Gasteiger partial charge in [0.1, 0.15) is 3.41 Å². The minimum atomic E-state index is 0.401. The van der Waals surface area contributed by atoms with Crippen molar-refractivity contribution in [1.82, 2.24) is 0 Å². The van der Waals surface area contributed by atoms with Gasteiger partial charge in [-0.05, 0) is 0 Å². The number of thiol groups is 2. The van der Waals surface area contributed by atoms with Gasteiger partial charge >= 0.3 is 0 Å². The van der Waals surface area contributed by atoms with Gasteiger partial charge in [-0.25, -0.2) is 0 Å². The summed E-state index contributed by atoms with van der Waals surface area (Å²) in [4.78, 5) is 0. The fourth-order valence-electron chi connectivity index (χ4n) is 1.12. The van der Waals surface area contributed by atoms with Crippen LogP contribution in [0, 0.1) is 0 Å². The van der Waals surface area contributed by atoms with Crippen molar-refractivity contribution in [3.63, 3.8) is 0 Å². The van der Waals surface area contributed by atoms with Crippen LogP contribution < -0.4 is 0 Å². The Kier molecular flexibility index (Phi) is 9.71. The van der Waals surface area contributed by atoms with Crippen LogP contribution in [0.15, 0.2) is 0 Å². The predicted octanol–water partition coefficient (Wildman–Crippen LogP) is 4.09. The van der Waals surface area contributed by atoms with Gasteiger partial charge in [-0.1, -0.05) is 0 Å². The molecule has 0 N–H and O–H groups in total. The molecule has 15 heavy (non-hydrogen) atoms. The molecule has 0 spiro atoms. The van der Waals surface area contributed by atoms with Crippen LogP contribution in [0.25, 0.3) is 0 Å². The average Bonchev–Trinajstić information content (AvgIpc) is 2.67. The van der Waals surface area contributed by atoms with Crippen LogP contribution in [0.1, 0.15) is 0 Å². The first-order chi connectivity index (χ1) is 7.33. The summed E-state index contributed by atoms with van der Waals surface area (Å²) < 4.78 is 0.401. The second-order valence-corrected chi connectivity index (χ2v) is 11.3. The maximum atomic E-state index is 4.34. The van der Waals surface area contributed by atoms with Crippen molar-refractivity contribution in [3.05, 3.63) is 0 Å². The molecule has 0 aromatic rings. The molecule has 0 atom stereocenters. The van der Waals surface area contributed by atoms with E-state index in [1.807, 2.05) is 23.5 Å². The first-order valence-corrected chi connectivity index (χ1v) is 11.2. The summed E-state index contributed by atoms with van der Waals surface area (Å²) in [5.74, 6) is 6.34. The quantitative estimate of drug-likeness (QED) is 0.388. The first kappa shape index (κ1) is 15.5. The molecule has 0 aromatic carbocycles. The predicted molar refractivity (Wildman–Crippen MR) is 92.7 cm³/mol. The number of rotatable bonds is 8. The molecule has 0 bridgehead atoms. The van der Waals surface area contributed by atoms with Crippen molar-refractivity contribution in [2.75, 3.05) is 38.9 Å². The van der Waals surface area contributed by atoms with E-state index in [9.17, 15) is 0 Å². The largest absolute Gasteiger partial charge is 0.168 e. The normalized spacial score (nSPS) is 19.6. The van der Waals surface area contributed by atoms with Gasteiger partial charge in [0.15, 0.2) is 0 Å². The summed E-state index contributed by atoms with van der Waals surface area (Å²) in [5.41, 5.74) is 0. The fourth-order valence-corrected chi connectivity index (χ4v) is 9.75. The molecule has 0 unspecified atom stereocenters. The SMILES string of the molecule is SCSCCSCC1(SCS)SCCS1. The van der Waals surface area contributed by atoms with Crippen molar-refractivity contribution in [2.24, 2.45) is 0 Å². The lowest BCUT2D eigenvalue weighted by atomic mass is 10.9. The Morgan fingerprint density at radius 3 is 2.27 bits per heavy atom. The van der Waals surface area contributed by atoms with Gasteiger partial charge in [0.05, 0.1) is 0 Å². The highest BCUT2D eigenvalue weighted by Crippen LogP contribution is 2.53. The molecule has 1 rings (SSSR count). The van der Waals surface area contributed by atoms with Gasteiger partial charge in [-0.3, -0.25) is 0 Å². The number of thioether (sulfide) groups is 5. The summed E-state index contributed by atoms with van der Waals surface area (Å²) in [6.45, 7) is 0. The molecular formula is C8H16S7. The topological polar surface area (TPSA) is 0 Å². The third-order valence-corrected chi connectivity index (χ3v) is 10.4. The van der Waals surface area contributed by atoms with Gasteiger partial charge in [-0.15, -0.1) is 35.3 Å². The Balaban J connectivity index is 2.14. The van der Waals surface area contributed by atoms with E-state index >= 15 is 0 Å². The highest BCUT2D eigenvalue weighted by Gasteiger charge is 2.35. The monoisotopic (exact) mass is 336 g/mol. The van der Waals surface area contributed by atoms with E-state index < -0.39 is 0 Å². The fraction of sp³-hybridized carbons (Fsp3) is 1.00. The van der Waals surface area contributed by atoms with Gasteiger partial charge in [0, 0.05) is 38.9 Å². The highest BCUT2D eigenvalue weighted by atomic mass is 32.3. The van der Waals surface area contributed by atoms with E-state index in [4.69, 9.17) is 0 Å². The molecule has 1 aliphatic rings. The van der Waals surface area contributed by atoms with E-state index in [0.717, 1.165) is 10.2 Å². The molecule has 0 nitrogen and oxygen atoms in total. The zero-order chi connectivity index (χ0) is 11.0. The molecule has 90 valence electrons. The lowest BCUT2D eigenvalue weighted by Crippen LogP contribution is -2.16. The van der Waals surface area contributed by atoms with Gasteiger partial charge in [0.25, 0.3) is 0 Å². The molecule has 1 heterocycles. The summed E-state index contributed by atoms with van der Waals surface area (Å²) in [5, 5.41) is 1.88. The van der Waals surface area contributed by atoms with Crippen LogP contribution >= 0.6 is 84.1 Å². The van der Waals surface area contributed by atoms with Crippen LogP contribution in [-0.2, 0) is 0 Å². The van der Waals surface area contributed by atoms with Crippen LogP contribution in [0.5, 0.6) is 0 Å². The van der Waals surface area contributed by atoms with Crippen molar-refractivity contribution < 1.29 is 0 Å². The molecule has 0 amide bonds. The van der Waals surface area contributed by atoms with Crippen molar-refractivity contribution in [3.8, 4) is 0 Å². The number of hydrogen-bond donors (Lipinski definition) is 2. The summed E-state index contributed by atoms with van der Waals surface area (Å²) >= 11 is 18.7. The van der Waals surface area contributed by atoms with Crippen molar-refractivity contribution >= 4 is 84.1 Å². The third kappa shape index (κ3) is 6.25. The van der Waals surface area contributed by atoms with E-state index in [2.05, 4.69) is 60.5 Å². The molecule has 0 aromatic heterocycles. The van der Waals surface area contributed by atoms with E-state index in [0.29, 0.717) is 3.41 Å². The van der Waals surface area contributed by atoms with E-state index in [1.165, 1.54) is 28.8 Å². The Morgan fingerprint density at radius 2 is 1.67 bits per heavy atom. The zero-order valence-electron chi connectivity index (χ0n) is 8.39. The van der Waals surface area contributed by atoms with E-state index in [1.54, 1.807) is 0 Å². The molecular weight excluding hydrogens is 321 g/mol. The second-order valence-electron chi connectivity index (χ2n) is 2.74. The minimum absolute atomic E-state index is 0.401. The van der Waals surface area contributed by atoms with Crippen LogP contribution in [0.4, 0.5) is 0 Å². The summed E-state index contributed by atoms with van der Waals surface area (Å²) in [6.07, 6.45) is 0. The lowest BCUT2D eigenvalue weighted by Gasteiger charge is -2.25. The van der Waals surface area contributed by atoms with Crippen molar-refractivity contribution in [2.45, 2.75) is 3.41 Å². The summed E-state index contributed by atoms with van der Waals surface area (Å²) in [7, 11) is 0. The second kappa shape index (κ2) is 9.39. The molecule has 7 heteroatoms. The third-order valence-electron chi connectivity index (χ3n) is 1.75. The lowest BCUT2D eigenvalue weighted by molar-refractivity contribution is 1.35. The Labute approximate surface area is 125 Å². The Morgan fingerprint density at radius 1 is 1.00 bits per heavy atom. The molecule has 0 radical (unpaired) electrons. The smallest absolute Gasteiger partial charge is 0.116 e. The molecule has 1 aliphatic heterocycles. The van der Waals surface area contributed by atoms with Crippen LogP contribution in [0.2, 0.25) is 0 Å². The maximum Gasteiger partial charge on any atom is 0.116 e.